The Labute approximate surface area is 166 Å². The molecule has 0 spiro atoms. The lowest BCUT2D eigenvalue weighted by Crippen LogP contribution is -2.20. The van der Waals surface area contributed by atoms with Crippen LogP contribution >= 0.6 is 0 Å². The SMILES string of the molecule is Cc1cc(Nc2c(C)n(C)n(-c3ccccc3)c2=O)c2cc(C(=O)O)ccc2n1. The lowest BCUT2D eigenvalue weighted by molar-refractivity contribution is 0.0697. The molecule has 0 bridgehead atoms. The molecule has 2 aromatic carbocycles. The van der Waals surface area contributed by atoms with Crippen molar-refractivity contribution < 1.29 is 9.90 Å². The number of rotatable bonds is 4. The first kappa shape index (κ1) is 18.5. The van der Waals surface area contributed by atoms with E-state index in [0.29, 0.717) is 22.3 Å². The summed E-state index contributed by atoms with van der Waals surface area (Å²) in [6.45, 7) is 3.72. The highest BCUT2D eigenvalue weighted by atomic mass is 16.4. The second-order valence-electron chi connectivity index (χ2n) is 6.91. The van der Waals surface area contributed by atoms with Crippen molar-refractivity contribution in [1.29, 1.82) is 0 Å². The lowest BCUT2D eigenvalue weighted by Gasteiger charge is -2.10. The molecule has 0 saturated carbocycles. The molecule has 7 heteroatoms. The van der Waals surface area contributed by atoms with Gasteiger partial charge >= 0.3 is 5.97 Å². The van der Waals surface area contributed by atoms with Crippen LogP contribution in [0, 0.1) is 13.8 Å². The summed E-state index contributed by atoms with van der Waals surface area (Å²) >= 11 is 0. The van der Waals surface area contributed by atoms with Gasteiger partial charge in [0.25, 0.3) is 5.56 Å². The minimum Gasteiger partial charge on any atom is -0.478 e. The number of hydrogen-bond donors (Lipinski definition) is 2. The molecule has 0 atom stereocenters. The molecule has 0 aliphatic rings. The molecule has 0 amide bonds. The summed E-state index contributed by atoms with van der Waals surface area (Å²) in [5.41, 5.74) is 4.00. The number of aromatic nitrogens is 3. The van der Waals surface area contributed by atoms with Crippen LogP contribution in [-0.4, -0.2) is 25.4 Å². The average Bonchev–Trinajstić information content (AvgIpc) is 2.91. The van der Waals surface area contributed by atoms with Crippen LogP contribution in [0.15, 0.2) is 59.4 Å². The van der Waals surface area contributed by atoms with Crippen molar-refractivity contribution in [3.05, 3.63) is 81.9 Å². The number of carboxylic acids is 1. The van der Waals surface area contributed by atoms with Gasteiger partial charge in [0.15, 0.2) is 0 Å². The van der Waals surface area contributed by atoms with E-state index in [1.54, 1.807) is 21.5 Å². The number of pyridine rings is 1. The molecule has 0 aliphatic heterocycles. The van der Waals surface area contributed by atoms with Crippen LogP contribution < -0.4 is 10.9 Å². The molecular formula is C22H20N4O3. The smallest absolute Gasteiger partial charge is 0.335 e. The Morgan fingerprint density at radius 3 is 2.48 bits per heavy atom. The van der Waals surface area contributed by atoms with Crippen molar-refractivity contribution in [1.82, 2.24) is 14.3 Å². The highest BCUT2D eigenvalue weighted by Gasteiger charge is 2.18. The van der Waals surface area contributed by atoms with Gasteiger partial charge in [-0.05, 0) is 50.2 Å². The van der Waals surface area contributed by atoms with Crippen molar-refractivity contribution in [2.75, 3.05) is 5.32 Å². The normalized spacial score (nSPS) is 11.0. The van der Waals surface area contributed by atoms with Crippen LogP contribution in [-0.2, 0) is 7.05 Å². The van der Waals surface area contributed by atoms with Gasteiger partial charge in [0.1, 0.15) is 5.69 Å². The van der Waals surface area contributed by atoms with E-state index in [1.165, 1.54) is 6.07 Å². The molecule has 29 heavy (non-hydrogen) atoms. The molecular weight excluding hydrogens is 368 g/mol. The van der Waals surface area contributed by atoms with Gasteiger partial charge in [0.2, 0.25) is 0 Å². The van der Waals surface area contributed by atoms with E-state index in [-0.39, 0.29) is 11.1 Å². The number of carbonyl (C=O) groups is 1. The van der Waals surface area contributed by atoms with Gasteiger partial charge < -0.3 is 10.4 Å². The fourth-order valence-corrected chi connectivity index (χ4v) is 3.44. The lowest BCUT2D eigenvalue weighted by atomic mass is 10.1. The van der Waals surface area contributed by atoms with Gasteiger partial charge in [-0.3, -0.25) is 14.5 Å². The number of nitrogens with zero attached hydrogens (tertiary/aromatic N) is 3. The Hall–Kier alpha value is -3.87. The standard InChI is InChI=1S/C22H20N4O3/c1-13-11-19(17-12-15(22(28)29)9-10-18(17)23-13)24-20-14(2)25(3)26(21(20)27)16-7-5-4-6-8-16/h4-12H,1-3H3,(H,23,24)(H,28,29). The predicted molar refractivity (Wildman–Crippen MR) is 112 cm³/mol. The molecule has 0 aliphatic carbocycles. The zero-order valence-corrected chi connectivity index (χ0v) is 16.3. The summed E-state index contributed by atoms with van der Waals surface area (Å²) < 4.78 is 3.38. The number of fused-ring (bicyclic) bond motifs is 1. The molecule has 0 unspecified atom stereocenters. The number of nitrogens with one attached hydrogen (secondary N) is 1. The molecule has 146 valence electrons. The summed E-state index contributed by atoms with van der Waals surface area (Å²) in [7, 11) is 1.83. The number of para-hydroxylation sites is 1. The summed E-state index contributed by atoms with van der Waals surface area (Å²) in [6, 6.07) is 16.0. The van der Waals surface area contributed by atoms with Gasteiger partial charge in [-0.2, -0.15) is 0 Å². The Balaban J connectivity index is 1.89. The molecule has 0 radical (unpaired) electrons. The van der Waals surface area contributed by atoms with Gasteiger partial charge in [-0.1, -0.05) is 18.2 Å². The number of anilines is 2. The first-order valence-corrected chi connectivity index (χ1v) is 9.12. The first-order chi connectivity index (χ1) is 13.9. The summed E-state index contributed by atoms with van der Waals surface area (Å²) in [4.78, 5) is 29.1. The Kier molecular flexibility index (Phi) is 4.43. The quantitative estimate of drug-likeness (QED) is 0.555. The van der Waals surface area contributed by atoms with Crippen LogP contribution in [0.3, 0.4) is 0 Å². The molecule has 0 saturated heterocycles. The van der Waals surface area contributed by atoms with Crippen molar-refractivity contribution in [3.63, 3.8) is 0 Å². The van der Waals surface area contributed by atoms with Crippen molar-refractivity contribution in [3.8, 4) is 5.69 Å². The largest absolute Gasteiger partial charge is 0.478 e. The number of benzene rings is 2. The van der Waals surface area contributed by atoms with E-state index in [9.17, 15) is 14.7 Å². The second kappa shape index (κ2) is 6.94. The zero-order valence-electron chi connectivity index (χ0n) is 16.3. The first-order valence-electron chi connectivity index (χ1n) is 9.12. The van der Waals surface area contributed by atoms with Gasteiger partial charge in [0, 0.05) is 23.8 Å². The molecule has 2 aromatic heterocycles. The third-order valence-electron chi connectivity index (χ3n) is 5.00. The van der Waals surface area contributed by atoms with Crippen LogP contribution in [0.4, 0.5) is 11.4 Å². The van der Waals surface area contributed by atoms with Crippen LogP contribution in [0.5, 0.6) is 0 Å². The molecule has 2 heterocycles. The van der Waals surface area contributed by atoms with Crippen LogP contribution in [0.25, 0.3) is 16.6 Å². The third kappa shape index (κ3) is 3.16. The minimum absolute atomic E-state index is 0.165. The van der Waals surface area contributed by atoms with Crippen LogP contribution in [0.1, 0.15) is 21.7 Å². The van der Waals surface area contributed by atoms with E-state index in [0.717, 1.165) is 17.1 Å². The second-order valence-corrected chi connectivity index (χ2v) is 6.91. The number of carboxylic acid groups (broad SMARTS) is 1. The van der Waals surface area contributed by atoms with Crippen molar-refractivity contribution >= 4 is 28.2 Å². The van der Waals surface area contributed by atoms with Crippen molar-refractivity contribution in [2.24, 2.45) is 7.05 Å². The van der Waals surface area contributed by atoms with E-state index >= 15 is 0 Å². The Morgan fingerprint density at radius 1 is 1.07 bits per heavy atom. The van der Waals surface area contributed by atoms with Gasteiger partial charge in [-0.15, -0.1) is 0 Å². The molecule has 0 fully saturated rings. The summed E-state index contributed by atoms with van der Waals surface area (Å²) in [5.74, 6) is -1.01. The topological polar surface area (TPSA) is 89.2 Å². The van der Waals surface area contributed by atoms with Crippen molar-refractivity contribution in [2.45, 2.75) is 13.8 Å². The van der Waals surface area contributed by atoms with Gasteiger partial charge in [0.05, 0.1) is 22.5 Å². The highest BCUT2D eigenvalue weighted by Crippen LogP contribution is 2.28. The van der Waals surface area contributed by atoms with E-state index in [2.05, 4.69) is 10.3 Å². The number of aromatic carboxylic acids is 1. The number of aryl methyl sites for hydroxylation is 1. The summed E-state index contributed by atoms with van der Waals surface area (Å²) in [5, 5.41) is 13.2. The maximum atomic E-state index is 13.2. The fraction of sp³-hybridized carbons (Fsp3) is 0.136. The molecule has 4 rings (SSSR count). The van der Waals surface area contributed by atoms with E-state index in [4.69, 9.17) is 0 Å². The third-order valence-corrected chi connectivity index (χ3v) is 5.00. The summed E-state index contributed by atoms with van der Waals surface area (Å²) in [6.07, 6.45) is 0. The van der Waals surface area contributed by atoms with Gasteiger partial charge in [-0.25, -0.2) is 9.48 Å². The monoisotopic (exact) mass is 388 g/mol. The predicted octanol–water partition coefficient (Wildman–Crippen LogP) is 3.78. The zero-order chi connectivity index (χ0) is 20.7. The molecule has 2 N–H and O–H groups in total. The fourth-order valence-electron chi connectivity index (χ4n) is 3.44. The Bertz CT molecular complexity index is 1300. The maximum absolute atomic E-state index is 13.2. The maximum Gasteiger partial charge on any atom is 0.335 e. The van der Waals surface area contributed by atoms with E-state index < -0.39 is 5.97 Å². The Morgan fingerprint density at radius 2 is 1.79 bits per heavy atom. The minimum atomic E-state index is -1.01. The van der Waals surface area contributed by atoms with E-state index in [1.807, 2.05) is 57.3 Å². The van der Waals surface area contributed by atoms with Crippen LogP contribution in [0.2, 0.25) is 0 Å². The molecule has 7 nitrogen and oxygen atoms in total. The average molecular weight is 388 g/mol. The molecule has 4 aromatic rings. The highest BCUT2D eigenvalue weighted by molar-refractivity contribution is 5.99. The number of hydrogen-bond acceptors (Lipinski definition) is 4.